The van der Waals surface area contributed by atoms with Crippen LogP contribution in [0.4, 0.5) is 0 Å². The molecule has 25 heavy (non-hydrogen) atoms. The maximum Gasteiger partial charge on any atom is 0.237 e. The Kier molecular flexibility index (Phi) is 6.00. The van der Waals surface area contributed by atoms with Crippen molar-refractivity contribution in [2.45, 2.75) is 63.5 Å². The third-order valence-electron chi connectivity index (χ3n) is 5.99. The minimum atomic E-state index is -3.00. The van der Waals surface area contributed by atoms with Gasteiger partial charge in [0.15, 0.2) is 9.84 Å². The average Bonchev–Trinajstić information content (AvgIpc) is 2.96. The quantitative estimate of drug-likeness (QED) is 0.753. The summed E-state index contributed by atoms with van der Waals surface area (Å²) in [6, 6.07) is 2.38. The van der Waals surface area contributed by atoms with Crippen LogP contribution in [0.3, 0.4) is 0 Å². The van der Waals surface area contributed by atoms with Crippen molar-refractivity contribution in [3.8, 4) is 6.07 Å². The van der Waals surface area contributed by atoms with Crippen LogP contribution >= 0.6 is 0 Å². The summed E-state index contributed by atoms with van der Waals surface area (Å²) in [4.78, 5) is 17.2. The first-order valence-electron chi connectivity index (χ1n) is 9.62. The van der Waals surface area contributed by atoms with E-state index in [1.165, 1.54) is 6.42 Å². The van der Waals surface area contributed by atoms with Crippen molar-refractivity contribution in [1.82, 2.24) is 9.80 Å². The zero-order valence-electron chi connectivity index (χ0n) is 14.9. The van der Waals surface area contributed by atoms with Crippen molar-refractivity contribution in [3.05, 3.63) is 0 Å². The van der Waals surface area contributed by atoms with E-state index < -0.39 is 9.84 Å². The Morgan fingerprint density at radius 3 is 2.28 bits per heavy atom. The molecule has 7 heteroatoms. The largest absolute Gasteiger partial charge is 0.335 e. The first kappa shape index (κ1) is 18.7. The summed E-state index contributed by atoms with van der Waals surface area (Å²) in [5, 5.41) is 9.01. The normalized spacial score (nSPS) is 28.5. The van der Waals surface area contributed by atoms with Crippen molar-refractivity contribution >= 4 is 15.7 Å². The van der Waals surface area contributed by atoms with Gasteiger partial charge in [-0.25, -0.2) is 8.42 Å². The molecule has 2 saturated heterocycles. The summed E-state index contributed by atoms with van der Waals surface area (Å²) in [7, 11) is -3.00. The second-order valence-electron chi connectivity index (χ2n) is 7.83. The standard InChI is InChI=1S/C18H29N3O3S/c19-12-15-6-9-20(10-7-15)13-18(22)21(16-4-2-1-3-5-16)17-8-11-25(23,24)14-17/h15-17H,1-11,13-14H2. The predicted octanol–water partition coefficient (Wildman–Crippen LogP) is 1.57. The van der Waals surface area contributed by atoms with Gasteiger partial charge in [0.05, 0.1) is 24.1 Å². The highest BCUT2D eigenvalue weighted by Gasteiger charge is 2.39. The summed E-state index contributed by atoms with van der Waals surface area (Å²) in [5.41, 5.74) is 0. The van der Waals surface area contributed by atoms with E-state index >= 15 is 0 Å². The summed E-state index contributed by atoms with van der Waals surface area (Å²) < 4.78 is 23.9. The number of hydrogen-bond donors (Lipinski definition) is 0. The molecule has 2 heterocycles. The number of amides is 1. The van der Waals surface area contributed by atoms with Gasteiger partial charge in [0.1, 0.15) is 0 Å². The molecule has 0 aromatic carbocycles. The predicted molar refractivity (Wildman–Crippen MR) is 95.6 cm³/mol. The Morgan fingerprint density at radius 1 is 1.04 bits per heavy atom. The van der Waals surface area contributed by atoms with Gasteiger partial charge < -0.3 is 4.90 Å². The maximum atomic E-state index is 13.1. The van der Waals surface area contributed by atoms with Gasteiger partial charge in [0.25, 0.3) is 0 Å². The lowest BCUT2D eigenvalue weighted by Crippen LogP contribution is -2.52. The van der Waals surface area contributed by atoms with E-state index in [1.54, 1.807) is 0 Å². The second kappa shape index (κ2) is 8.05. The van der Waals surface area contributed by atoms with E-state index in [9.17, 15) is 13.2 Å². The number of sulfone groups is 1. The number of carbonyl (C=O) groups is 1. The lowest BCUT2D eigenvalue weighted by molar-refractivity contribution is -0.138. The van der Waals surface area contributed by atoms with Crippen LogP contribution in [0.15, 0.2) is 0 Å². The van der Waals surface area contributed by atoms with Crippen LogP contribution in [0.5, 0.6) is 0 Å². The zero-order valence-corrected chi connectivity index (χ0v) is 15.7. The van der Waals surface area contributed by atoms with Gasteiger partial charge in [-0.2, -0.15) is 5.26 Å². The molecule has 1 amide bonds. The topological polar surface area (TPSA) is 81.5 Å². The van der Waals surface area contributed by atoms with Gasteiger partial charge >= 0.3 is 0 Å². The highest BCUT2D eigenvalue weighted by atomic mass is 32.2. The number of likely N-dealkylation sites (tertiary alicyclic amines) is 1. The van der Waals surface area contributed by atoms with Crippen LogP contribution in [0.2, 0.25) is 0 Å². The SMILES string of the molecule is N#CC1CCN(CC(=O)N(C2CCCCC2)C2CCS(=O)(=O)C2)CC1. The molecule has 3 aliphatic rings. The molecule has 0 spiro atoms. The fraction of sp³-hybridized carbons (Fsp3) is 0.889. The molecule has 1 atom stereocenters. The Hall–Kier alpha value is -1.13. The zero-order chi connectivity index (χ0) is 17.9. The Labute approximate surface area is 151 Å². The van der Waals surface area contributed by atoms with Crippen molar-refractivity contribution in [2.75, 3.05) is 31.1 Å². The minimum Gasteiger partial charge on any atom is -0.335 e. The van der Waals surface area contributed by atoms with E-state index in [1.807, 2.05) is 4.90 Å². The van der Waals surface area contributed by atoms with Gasteiger partial charge in [-0.05, 0) is 45.2 Å². The average molecular weight is 368 g/mol. The minimum absolute atomic E-state index is 0.0874. The van der Waals surface area contributed by atoms with Crippen LogP contribution in [0, 0.1) is 17.2 Å². The van der Waals surface area contributed by atoms with E-state index in [4.69, 9.17) is 5.26 Å². The van der Waals surface area contributed by atoms with Crippen molar-refractivity contribution in [2.24, 2.45) is 5.92 Å². The molecular formula is C18H29N3O3S. The molecule has 3 rings (SSSR count). The number of hydrogen-bond acceptors (Lipinski definition) is 5. The number of nitriles is 1. The van der Waals surface area contributed by atoms with Crippen molar-refractivity contribution < 1.29 is 13.2 Å². The fourth-order valence-corrected chi connectivity index (χ4v) is 6.26. The summed E-state index contributed by atoms with van der Waals surface area (Å²) >= 11 is 0. The van der Waals surface area contributed by atoms with E-state index in [-0.39, 0.29) is 35.4 Å². The molecular weight excluding hydrogens is 338 g/mol. The Bertz CT molecular complexity index is 614. The molecule has 6 nitrogen and oxygen atoms in total. The number of nitrogens with zero attached hydrogens (tertiary/aromatic N) is 3. The molecule has 0 aromatic heterocycles. The lowest BCUT2D eigenvalue weighted by atomic mass is 9.92. The van der Waals surface area contributed by atoms with E-state index in [0.29, 0.717) is 13.0 Å². The highest BCUT2D eigenvalue weighted by Crippen LogP contribution is 2.29. The third kappa shape index (κ3) is 4.73. The molecule has 0 bridgehead atoms. The molecule has 1 unspecified atom stereocenters. The molecule has 0 radical (unpaired) electrons. The number of carbonyl (C=O) groups excluding carboxylic acids is 1. The van der Waals surface area contributed by atoms with Crippen molar-refractivity contribution in [1.29, 1.82) is 5.26 Å². The summed E-state index contributed by atoms with van der Waals surface area (Å²) in [5.74, 6) is 0.540. The second-order valence-corrected chi connectivity index (χ2v) is 10.1. The molecule has 2 aliphatic heterocycles. The van der Waals surface area contributed by atoms with Gasteiger partial charge in [0.2, 0.25) is 5.91 Å². The van der Waals surface area contributed by atoms with Gasteiger partial charge in [-0.1, -0.05) is 19.3 Å². The Morgan fingerprint density at radius 2 is 1.72 bits per heavy atom. The van der Waals surface area contributed by atoms with Crippen LogP contribution in [0.25, 0.3) is 0 Å². The monoisotopic (exact) mass is 367 g/mol. The van der Waals surface area contributed by atoms with Crippen LogP contribution in [-0.4, -0.2) is 67.3 Å². The van der Waals surface area contributed by atoms with Gasteiger partial charge in [0, 0.05) is 18.0 Å². The highest BCUT2D eigenvalue weighted by molar-refractivity contribution is 7.91. The van der Waals surface area contributed by atoms with E-state index in [0.717, 1.165) is 51.6 Å². The lowest BCUT2D eigenvalue weighted by Gasteiger charge is -2.40. The molecule has 1 saturated carbocycles. The Balaban J connectivity index is 1.66. The maximum absolute atomic E-state index is 13.1. The van der Waals surface area contributed by atoms with Crippen LogP contribution < -0.4 is 0 Å². The smallest absolute Gasteiger partial charge is 0.237 e. The van der Waals surface area contributed by atoms with Crippen molar-refractivity contribution in [3.63, 3.8) is 0 Å². The van der Waals surface area contributed by atoms with Gasteiger partial charge in [-0.15, -0.1) is 0 Å². The molecule has 140 valence electrons. The molecule has 3 fully saturated rings. The fourth-order valence-electron chi connectivity index (χ4n) is 4.55. The first-order valence-corrected chi connectivity index (χ1v) is 11.4. The third-order valence-corrected chi connectivity index (χ3v) is 7.74. The van der Waals surface area contributed by atoms with Crippen LogP contribution in [-0.2, 0) is 14.6 Å². The first-order chi connectivity index (χ1) is 12.0. The van der Waals surface area contributed by atoms with Gasteiger partial charge in [-0.3, -0.25) is 9.69 Å². The molecule has 1 aliphatic carbocycles. The summed E-state index contributed by atoms with van der Waals surface area (Å²) in [6.07, 6.45) is 7.70. The number of piperidine rings is 1. The van der Waals surface area contributed by atoms with E-state index in [2.05, 4.69) is 11.0 Å². The number of rotatable bonds is 4. The van der Waals surface area contributed by atoms with Crippen LogP contribution in [0.1, 0.15) is 51.4 Å². The molecule has 0 N–H and O–H groups in total. The molecule has 0 aromatic rings. The summed E-state index contributed by atoms with van der Waals surface area (Å²) in [6.45, 7) is 1.93.